The highest BCUT2D eigenvalue weighted by molar-refractivity contribution is 5.79. The van der Waals surface area contributed by atoms with Crippen molar-refractivity contribution < 1.29 is 9.18 Å². The molecule has 2 aliphatic rings. The first-order valence-electron chi connectivity index (χ1n) is 10.1. The van der Waals surface area contributed by atoms with Gasteiger partial charge in [0, 0.05) is 39.3 Å². The Hall–Kier alpha value is -2.70. The second-order valence-corrected chi connectivity index (χ2v) is 7.43. The normalized spacial score (nSPS) is 17.7. The van der Waals surface area contributed by atoms with Crippen LogP contribution in [-0.2, 0) is 11.2 Å². The highest BCUT2D eigenvalue weighted by atomic mass is 19.1. The molecule has 2 aliphatic heterocycles. The topological polar surface area (TPSA) is 52.6 Å². The minimum absolute atomic E-state index is 0.0312. The van der Waals surface area contributed by atoms with E-state index in [1.54, 1.807) is 23.1 Å². The van der Waals surface area contributed by atoms with E-state index >= 15 is 0 Å². The monoisotopic (exact) mass is 383 g/mol. The average molecular weight is 383 g/mol. The van der Waals surface area contributed by atoms with E-state index in [2.05, 4.69) is 20.0 Å². The van der Waals surface area contributed by atoms with Crippen LogP contribution in [0.25, 0.3) is 0 Å². The van der Waals surface area contributed by atoms with Crippen molar-refractivity contribution in [1.82, 2.24) is 15.1 Å². The molecule has 148 valence electrons. The summed E-state index contributed by atoms with van der Waals surface area (Å²) in [4.78, 5) is 18.7. The molecule has 0 aliphatic carbocycles. The maximum Gasteiger partial charge on any atom is 0.227 e. The summed E-state index contributed by atoms with van der Waals surface area (Å²) in [5.41, 5.74) is 0.453. The number of piperazine rings is 1. The summed E-state index contributed by atoms with van der Waals surface area (Å²) >= 11 is 0. The van der Waals surface area contributed by atoms with Crippen LogP contribution in [0.2, 0.25) is 0 Å². The zero-order chi connectivity index (χ0) is 19.3. The van der Waals surface area contributed by atoms with Crippen molar-refractivity contribution >= 4 is 17.5 Å². The first kappa shape index (κ1) is 18.7. The number of piperidine rings is 1. The Labute approximate surface area is 165 Å². The lowest BCUT2D eigenvalue weighted by molar-refractivity contribution is -0.130. The van der Waals surface area contributed by atoms with Crippen LogP contribution >= 0.6 is 0 Å². The number of carbonyl (C=O) groups excluding carboxylic acids is 1. The van der Waals surface area contributed by atoms with Gasteiger partial charge in [-0.3, -0.25) is 4.79 Å². The molecule has 1 amide bonds. The van der Waals surface area contributed by atoms with E-state index in [1.807, 2.05) is 12.1 Å². The molecule has 4 rings (SSSR count). The van der Waals surface area contributed by atoms with Gasteiger partial charge < -0.3 is 14.7 Å². The fourth-order valence-electron chi connectivity index (χ4n) is 3.88. The number of carbonyl (C=O) groups is 1. The minimum atomic E-state index is -0.321. The first-order chi connectivity index (χ1) is 13.7. The third-order valence-corrected chi connectivity index (χ3v) is 5.57. The van der Waals surface area contributed by atoms with Gasteiger partial charge >= 0.3 is 0 Å². The number of amides is 1. The number of rotatable bonds is 4. The van der Waals surface area contributed by atoms with Gasteiger partial charge in [0.2, 0.25) is 5.91 Å². The number of benzene rings is 1. The van der Waals surface area contributed by atoms with Crippen molar-refractivity contribution in [2.45, 2.75) is 25.7 Å². The molecule has 7 heteroatoms. The molecule has 1 aromatic heterocycles. The van der Waals surface area contributed by atoms with Crippen LogP contribution in [0.4, 0.5) is 16.0 Å². The van der Waals surface area contributed by atoms with Gasteiger partial charge in [0.1, 0.15) is 5.82 Å². The Bertz CT molecular complexity index is 799. The van der Waals surface area contributed by atoms with Crippen LogP contribution in [0.5, 0.6) is 0 Å². The summed E-state index contributed by atoms with van der Waals surface area (Å²) in [6.45, 7) is 4.75. The van der Waals surface area contributed by atoms with Crippen molar-refractivity contribution in [1.29, 1.82) is 0 Å². The van der Waals surface area contributed by atoms with E-state index in [9.17, 15) is 9.18 Å². The summed E-state index contributed by atoms with van der Waals surface area (Å²) in [5.74, 6) is 1.44. The smallest absolute Gasteiger partial charge is 0.227 e. The van der Waals surface area contributed by atoms with E-state index in [4.69, 9.17) is 0 Å². The second kappa shape index (κ2) is 8.54. The molecule has 0 spiro atoms. The summed E-state index contributed by atoms with van der Waals surface area (Å²) < 4.78 is 13.8. The molecule has 2 saturated heterocycles. The van der Waals surface area contributed by atoms with E-state index in [1.165, 1.54) is 25.3 Å². The standard InChI is InChI=1S/C21H26FN5O/c22-18-7-3-2-6-17(18)16-21(28)27-14-12-26(13-15-27)20-9-8-19(23-24-20)25-10-4-1-5-11-25/h2-3,6-9H,1,4-5,10-16H2. The molecule has 0 bridgehead atoms. The quantitative estimate of drug-likeness (QED) is 0.812. The van der Waals surface area contributed by atoms with Crippen LogP contribution in [0.3, 0.4) is 0 Å². The molecule has 0 unspecified atom stereocenters. The van der Waals surface area contributed by atoms with Gasteiger partial charge in [-0.1, -0.05) is 18.2 Å². The van der Waals surface area contributed by atoms with E-state index in [0.717, 1.165) is 24.7 Å². The van der Waals surface area contributed by atoms with Crippen molar-refractivity contribution in [3.8, 4) is 0 Å². The van der Waals surface area contributed by atoms with Crippen LogP contribution in [0.15, 0.2) is 36.4 Å². The van der Waals surface area contributed by atoms with E-state index < -0.39 is 0 Å². The number of hydrogen-bond acceptors (Lipinski definition) is 5. The maximum atomic E-state index is 13.8. The first-order valence-corrected chi connectivity index (χ1v) is 10.1. The van der Waals surface area contributed by atoms with Crippen molar-refractivity contribution in [2.75, 3.05) is 49.1 Å². The Morgan fingerprint density at radius 3 is 2.04 bits per heavy atom. The minimum Gasteiger partial charge on any atom is -0.355 e. The molecule has 2 fully saturated rings. The second-order valence-electron chi connectivity index (χ2n) is 7.43. The largest absolute Gasteiger partial charge is 0.355 e. The highest BCUT2D eigenvalue weighted by Crippen LogP contribution is 2.20. The molecule has 6 nitrogen and oxygen atoms in total. The van der Waals surface area contributed by atoms with Crippen LogP contribution in [0.1, 0.15) is 24.8 Å². The Morgan fingerprint density at radius 2 is 1.43 bits per heavy atom. The zero-order valence-corrected chi connectivity index (χ0v) is 16.1. The lowest BCUT2D eigenvalue weighted by Crippen LogP contribution is -2.49. The van der Waals surface area contributed by atoms with Crippen molar-refractivity contribution in [3.63, 3.8) is 0 Å². The van der Waals surface area contributed by atoms with Crippen molar-refractivity contribution in [2.24, 2.45) is 0 Å². The lowest BCUT2D eigenvalue weighted by atomic mass is 10.1. The van der Waals surface area contributed by atoms with Crippen LogP contribution < -0.4 is 9.80 Å². The molecule has 0 N–H and O–H groups in total. The molecular weight excluding hydrogens is 357 g/mol. The zero-order valence-electron chi connectivity index (χ0n) is 16.1. The number of aromatic nitrogens is 2. The van der Waals surface area contributed by atoms with Gasteiger partial charge in [-0.15, -0.1) is 10.2 Å². The molecule has 1 aromatic carbocycles. The molecule has 0 saturated carbocycles. The maximum absolute atomic E-state index is 13.8. The summed E-state index contributed by atoms with van der Waals surface area (Å²) in [5, 5.41) is 8.82. The van der Waals surface area contributed by atoms with Gasteiger partial charge in [-0.05, 0) is 43.0 Å². The van der Waals surface area contributed by atoms with E-state index in [-0.39, 0.29) is 18.1 Å². The fourth-order valence-corrected chi connectivity index (χ4v) is 3.88. The number of nitrogens with zero attached hydrogens (tertiary/aromatic N) is 5. The lowest BCUT2D eigenvalue weighted by Gasteiger charge is -2.35. The summed E-state index contributed by atoms with van der Waals surface area (Å²) in [6, 6.07) is 10.5. The van der Waals surface area contributed by atoms with Gasteiger partial charge in [0.15, 0.2) is 11.6 Å². The van der Waals surface area contributed by atoms with E-state index in [0.29, 0.717) is 31.7 Å². The molecule has 2 aromatic rings. The van der Waals surface area contributed by atoms with Gasteiger partial charge in [0.05, 0.1) is 6.42 Å². The predicted octanol–water partition coefficient (Wildman–Crippen LogP) is 2.50. The third kappa shape index (κ3) is 4.24. The summed E-state index contributed by atoms with van der Waals surface area (Å²) in [7, 11) is 0. The average Bonchev–Trinajstić information content (AvgIpc) is 2.76. The van der Waals surface area contributed by atoms with Gasteiger partial charge in [-0.2, -0.15) is 0 Å². The molecule has 3 heterocycles. The number of halogens is 1. The SMILES string of the molecule is O=C(Cc1ccccc1F)N1CCN(c2ccc(N3CCCCC3)nn2)CC1. The van der Waals surface area contributed by atoms with Crippen LogP contribution in [-0.4, -0.2) is 60.3 Å². The number of hydrogen-bond donors (Lipinski definition) is 0. The Balaban J connectivity index is 1.31. The van der Waals surface area contributed by atoms with Gasteiger partial charge in [-0.25, -0.2) is 4.39 Å². The predicted molar refractivity (Wildman–Crippen MR) is 107 cm³/mol. The molecular formula is C21H26FN5O. The molecule has 28 heavy (non-hydrogen) atoms. The van der Waals surface area contributed by atoms with Crippen LogP contribution in [0, 0.1) is 5.82 Å². The van der Waals surface area contributed by atoms with Gasteiger partial charge in [0.25, 0.3) is 0 Å². The highest BCUT2D eigenvalue weighted by Gasteiger charge is 2.23. The number of anilines is 2. The Kier molecular flexibility index (Phi) is 5.69. The third-order valence-electron chi connectivity index (χ3n) is 5.57. The molecule has 0 atom stereocenters. The van der Waals surface area contributed by atoms with Crippen molar-refractivity contribution in [3.05, 3.63) is 47.8 Å². The molecule has 0 radical (unpaired) electrons. The Morgan fingerprint density at radius 1 is 0.821 bits per heavy atom. The fraction of sp³-hybridized carbons (Fsp3) is 0.476. The summed E-state index contributed by atoms with van der Waals surface area (Å²) in [6.07, 6.45) is 3.83.